The van der Waals surface area contributed by atoms with Crippen LogP contribution in [-0.4, -0.2) is 35.3 Å². The molecule has 0 radical (unpaired) electrons. The van der Waals surface area contributed by atoms with Crippen LogP contribution in [0.25, 0.3) is 11.5 Å². The van der Waals surface area contributed by atoms with Gasteiger partial charge in [-0.25, -0.2) is 15.2 Å². The van der Waals surface area contributed by atoms with Crippen LogP contribution in [0, 0.1) is 0 Å². The van der Waals surface area contributed by atoms with Gasteiger partial charge in [-0.05, 0) is 31.2 Å². The van der Waals surface area contributed by atoms with Crippen molar-refractivity contribution in [3.8, 4) is 11.5 Å². The number of carbonyl (C=O) groups is 3. The molecule has 0 saturated carbocycles. The highest BCUT2D eigenvalue weighted by atomic mass is 16.5. The molecule has 1 aromatic heterocycles. The third-order valence-electron chi connectivity index (χ3n) is 4.93. The Kier molecular flexibility index (Phi) is 8.02. The molecule has 3 N–H and O–H groups in total. The van der Waals surface area contributed by atoms with Crippen LogP contribution in [-0.2, 0) is 4.74 Å². The molecule has 0 saturated heterocycles. The second-order valence-corrected chi connectivity index (χ2v) is 7.48. The van der Waals surface area contributed by atoms with Gasteiger partial charge in [0.2, 0.25) is 5.89 Å². The molecule has 0 fully saturated rings. The molecular formula is C27H23N5O5. The van der Waals surface area contributed by atoms with Crippen molar-refractivity contribution >= 4 is 29.6 Å². The summed E-state index contributed by atoms with van der Waals surface area (Å²) in [5.74, 6) is -1.30. The average molecular weight is 498 g/mol. The molecule has 4 aromatic rings. The van der Waals surface area contributed by atoms with Gasteiger partial charge in [0.15, 0.2) is 11.5 Å². The number of hydrazine groups is 1. The van der Waals surface area contributed by atoms with Crippen molar-refractivity contribution in [3.63, 3.8) is 0 Å². The van der Waals surface area contributed by atoms with Crippen molar-refractivity contribution in [2.45, 2.75) is 6.92 Å². The summed E-state index contributed by atoms with van der Waals surface area (Å²) in [6.45, 7) is 1.85. The number of rotatable bonds is 6. The Morgan fingerprint density at radius 3 is 2.03 bits per heavy atom. The number of aliphatic imine (C=N–C) groups is 1. The fraction of sp³-hybridized carbons (Fsp3) is 0.0741. The molecule has 4 rings (SSSR count). The lowest BCUT2D eigenvalue weighted by molar-refractivity contribution is 0.0846. The van der Waals surface area contributed by atoms with Gasteiger partial charge in [-0.15, -0.1) is 0 Å². The fourth-order valence-electron chi connectivity index (χ4n) is 3.20. The zero-order valence-corrected chi connectivity index (χ0v) is 19.8. The molecule has 0 aliphatic carbocycles. The lowest BCUT2D eigenvalue weighted by atomic mass is 10.2. The third-order valence-corrected chi connectivity index (χ3v) is 4.93. The van der Waals surface area contributed by atoms with E-state index in [0.29, 0.717) is 16.7 Å². The number of hydrogen-bond donors (Lipinski definition) is 3. The number of nitrogens with zero attached hydrogens (tertiary/aromatic N) is 2. The van der Waals surface area contributed by atoms with Crippen LogP contribution in [0.15, 0.2) is 100 Å². The molecule has 3 aromatic carbocycles. The number of imide groups is 1. The van der Waals surface area contributed by atoms with Crippen LogP contribution >= 0.6 is 0 Å². The molecule has 1 heterocycles. The Labute approximate surface area is 212 Å². The summed E-state index contributed by atoms with van der Waals surface area (Å²) < 4.78 is 10.7. The molecule has 0 aliphatic rings. The summed E-state index contributed by atoms with van der Waals surface area (Å²) in [5, 5.41) is 2.32. The Morgan fingerprint density at radius 2 is 1.41 bits per heavy atom. The van der Waals surface area contributed by atoms with Crippen molar-refractivity contribution in [3.05, 3.63) is 108 Å². The third kappa shape index (κ3) is 6.45. The monoisotopic (exact) mass is 497 g/mol. The largest absolute Gasteiger partial charge is 0.449 e. The Morgan fingerprint density at radius 1 is 0.811 bits per heavy atom. The minimum atomic E-state index is -0.802. The van der Waals surface area contributed by atoms with E-state index in [0.717, 1.165) is 0 Å². The molecule has 10 nitrogen and oxygen atoms in total. The van der Waals surface area contributed by atoms with E-state index in [9.17, 15) is 14.4 Å². The number of oxazole rings is 1. The van der Waals surface area contributed by atoms with E-state index in [1.54, 1.807) is 85.8 Å². The van der Waals surface area contributed by atoms with Crippen LogP contribution < -0.4 is 16.2 Å². The maximum absolute atomic E-state index is 13.1. The van der Waals surface area contributed by atoms with E-state index in [4.69, 9.17) is 9.15 Å². The van der Waals surface area contributed by atoms with Crippen LogP contribution in [0.2, 0.25) is 0 Å². The normalized spacial score (nSPS) is 10.9. The topological polar surface area (TPSA) is 135 Å². The number of ether oxygens (including phenoxy) is 1. The molecule has 10 heteroatoms. The summed E-state index contributed by atoms with van der Waals surface area (Å²) >= 11 is 0. The maximum atomic E-state index is 13.1. The van der Waals surface area contributed by atoms with Crippen molar-refractivity contribution < 1.29 is 23.5 Å². The molecule has 0 bridgehead atoms. The Balaban J connectivity index is 1.73. The fourth-order valence-corrected chi connectivity index (χ4v) is 3.20. The molecule has 0 aliphatic heterocycles. The number of amides is 3. The highest BCUT2D eigenvalue weighted by Crippen LogP contribution is 2.28. The summed E-state index contributed by atoms with van der Waals surface area (Å²) in [6, 6.07) is 26.1. The van der Waals surface area contributed by atoms with E-state index in [1.807, 2.05) is 12.1 Å². The average Bonchev–Trinajstić information content (AvgIpc) is 3.36. The summed E-state index contributed by atoms with van der Waals surface area (Å²) in [7, 11) is 0. The summed E-state index contributed by atoms with van der Waals surface area (Å²) in [4.78, 5) is 46.4. The smallest absolute Gasteiger partial charge is 0.425 e. The first-order valence-corrected chi connectivity index (χ1v) is 11.3. The van der Waals surface area contributed by atoms with Gasteiger partial charge in [0, 0.05) is 16.7 Å². The lowest BCUT2D eigenvalue weighted by Crippen LogP contribution is -2.42. The number of nitrogens with one attached hydrogen (secondary N) is 3. The molecule has 37 heavy (non-hydrogen) atoms. The number of benzene rings is 3. The highest BCUT2D eigenvalue weighted by Gasteiger charge is 2.24. The summed E-state index contributed by atoms with van der Waals surface area (Å²) in [5.41, 5.74) is 6.34. The predicted molar refractivity (Wildman–Crippen MR) is 136 cm³/mol. The molecule has 0 unspecified atom stereocenters. The number of carbonyl (C=O) groups excluding carboxylic acids is 3. The molecule has 0 atom stereocenters. The molecular weight excluding hydrogens is 474 g/mol. The second kappa shape index (κ2) is 11.9. The number of aromatic nitrogens is 1. The van der Waals surface area contributed by atoms with Crippen molar-refractivity contribution in [1.82, 2.24) is 21.2 Å². The van der Waals surface area contributed by atoms with Gasteiger partial charge in [0.1, 0.15) is 0 Å². The minimum Gasteiger partial charge on any atom is -0.449 e. The van der Waals surface area contributed by atoms with Crippen LogP contribution in [0.5, 0.6) is 0 Å². The van der Waals surface area contributed by atoms with Crippen molar-refractivity contribution in [1.29, 1.82) is 0 Å². The van der Waals surface area contributed by atoms with Gasteiger partial charge in [-0.1, -0.05) is 66.7 Å². The molecule has 186 valence electrons. The lowest BCUT2D eigenvalue weighted by Gasteiger charge is -2.11. The van der Waals surface area contributed by atoms with Gasteiger partial charge in [0.05, 0.1) is 6.61 Å². The number of amidine groups is 1. The predicted octanol–water partition coefficient (Wildman–Crippen LogP) is 4.24. The molecule has 0 spiro atoms. The van der Waals surface area contributed by atoms with E-state index in [1.165, 1.54) is 0 Å². The zero-order valence-electron chi connectivity index (χ0n) is 19.8. The first-order chi connectivity index (χ1) is 18.0. The van der Waals surface area contributed by atoms with E-state index >= 15 is 0 Å². The van der Waals surface area contributed by atoms with Crippen LogP contribution in [0.3, 0.4) is 0 Å². The van der Waals surface area contributed by atoms with Crippen LogP contribution in [0.4, 0.5) is 10.7 Å². The second-order valence-electron chi connectivity index (χ2n) is 7.48. The van der Waals surface area contributed by atoms with E-state index in [2.05, 4.69) is 26.1 Å². The van der Waals surface area contributed by atoms with Gasteiger partial charge in [-0.3, -0.25) is 20.3 Å². The first kappa shape index (κ1) is 24.9. The van der Waals surface area contributed by atoms with Gasteiger partial charge in [-0.2, -0.15) is 4.99 Å². The van der Waals surface area contributed by atoms with E-state index in [-0.39, 0.29) is 29.9 Å². The van der Waals surface area contributed by atoms with Crippen molar-refractivity contribution in [2.24, 2.45) is 4.99 Å². The van der Waals surface area contributed by atoms with E-state index < -0.39 is 17.9 Å². The maximum Gasteiger partial charge on any atom is 0.425 e. The van der Waals surface area contributed by atoms with Gasteiger partial charge in [0.25, 0.3) is 17.7 Å². The zero-order chi connectivity index (χ0) is 26.0. The minimum absolute atomic E-state index is 0.127. The Hall–Kier alpha value is -5.25. The van der Waals surface area contributed by atoms with Crippen LogP contribution in [0.1, 0.15) is 33.3 Å². The number of hydrogen-bond acceptors (Lipinski definition) is 7. The SMILES string of the molecule is CCOC(=O)NN/C(=N/c1oc(-c2ccccc2)nc1C(=O)NC(=O)c1ccccc1)c1ccccc1. The quantitative estimate of drug-likeness (QED) is 0.157. The highest BCUT2D eigenvalue weighted by molar-refractivity contribution is 6.11. The molecule has 3 amide bonds. The Bertz CT molecular complexity index is 1400. The van der Waals surface area contributed by atoms with Gasteiger partial charge >= 0.3 is 6.09 Å². The summed E-state index contributed by atoms with van der Waals surface area (Å²) in [6.07, 6.45) is -0.722. The first-order valence-electron chi connectivity index (χ1n) is 11.3. The van der Waals surface area contributed by atoms with Gasteiger partial charge < -0.3 is 9.15 Å². The van der Waals surface area contributed by atoms with Crippen molar-refractivity contribution in [2.75, 3.05) is 6.61 Å². The standard InChI is InChI=1S/C27H23N5O5/c1-2-36-27(35)32-31-22(18-12-6-3-7-13-18)29-26-21(28-25(37-26)20-16-10-5-11-17-20)24(34)30-23(33)19-14-8-4-9-15-19/h3-17H,2H2,1H3,(H,29,31)(H,32,35)(H,30,33,34).